The molecule has 0 bridgehead atoms. The highest BCUT2D eigenvalue weighted by Crippen LogP contribution is 2.30. The number of ether oxygens (including phenoxy) is 1. The van der Waals surface area contributed by atoms with Crippen molar-refractivity contribution in [1.82, 2.24) is 14.5 Å². The number of aliphatic hydroxyl groups is 1. The van der Waals surface area contributed by atoms with Gasteiger partial charge < -0.3 is 23.7 Å². The Bertz CT molecular complexity index is 1130. The third-order valence-electron chi connectivity index (χ3n) is 6.01. The standard InChI is InChI=1S/C23H27N3O5/c1-3-15-12-21(28)31-19-13-17(4-5-18(15)19)30-14-20(27)26-9-6-16(7-10-26)22(29)23-24-8-11-25(23)2/h4-5,8,11-13,16,22,29H,3,6-7,9-10,14H2,1-2H3. The summed E-state index contributed by atoms with van der Waals surface area (Å²) in [6, 6.07) is 6.78. The molecule has 1 N–H and O–H groups in total. The van der Waals surface area contributed by atoms with Crippen LogP contribution in [0.4, 0.5) is 0 Å². The van der Waals surface area contributed by atoms with Crippen LogP contribution in [0.2, 0.25) is 0 Å². The molecular weight excluding hydrogens is 398 g/mol. The molecule has 0 saturated carbocycles. The molecule has 0 spiro atoms. The predicted molar refractivity (Wildman–Crippen MR) is 115 cm³/mol. The number of rotatable bonds is 6. The second-order valence-electron chi connectivity index (χ2n) is 7.95. The molecule has 164 valence electrons. The monoisotopic (exact) mass is 425 g/mol. The van der Waals surface area contributed by atoms with Crippen molar-refractivity contribution in [3.05, 3.63) is 58.5 Å². The van der Waals surface area contributed by atoms with Gasteiger partial charge in [0.25, 0.3) is 5.91 Å². The van der Waals surface area contributed by atoms with Crippen molar-refractivity contribution in [2.45, 2.75) is 32.3 Å². The van der Waals surface area contributed by atoms with Gasteiger partial charge in [0.1, 0.15) is 23.3 Å². The van der Waals surface area contributed by atoms with E-state index in [1.54, 1.807) is 23.2 Å². The fraction of sp³-hybridized carbons (Fsp3) is 0.435. The molecule has 1 aliphatic rings. The summed E-state index contributed by atoms with van der Waals surface area (Å²) in [6.07, 6.45) is 5.01. The molecule has 1 unspecified atom stereocenters. The van der Waals surface area contributed by atoms with E-state index >= 15 is 0 Å². The topological polar surface area (TPSA) is 97.8 Å². The van der Waals surface area contributed by atoms with Gasteiger partial charge in [0.2, 0.25) is 0 Å². The van der Waals surface area contributed by atoms with Crippen LogP contribution in [0, 0.1) is 5.92 Å². The van der Waals surface area contributed by atoms with Gasteiger partial charge >= 0.3 is 5.63 Å². The van der Waals surface area contributed by atoms with Crippen LogP contribution in [-0.2, 0) is 18.3 Å². The highest BCUT2D eigenvalue weighted by atomic mass is 16.5. The van der Waals surface area contributed by atoms with Crippen LogP contribution >= 0.6 is 0 Å². The van der Waals surface area contributed by atoms with E-state index in [0.717, 1.165) is 17.4 Å². The molecule has 3 aromatic rings. The molecule has 0 aliphatic carbocycles. The van der Waals surface area contributed by atoms with E-state index < -0.39 is 11.7 Å². The number of carbonyl (C=O) groups is 1. The van der Waals surface area contributed by atoms with Crippen molar-refractivity contribution in [3.8, 4) is 5.75 Å². The molecular formula is C23H27N3O5. The van der Waals surface area contributed by atoms with Gasteiger partial charge in [-0.15, -0.1) is 0 Å². The molecule has 2 aromatic heterocycles. The first-order valence-corrected chi connectivity index (χ1v) is 10.6. The van der Waals surface area contributed by atoms with Crippen LogP contribution in [0.1, 0.15) is 37.3 Å². The van der Waals surface area contributed by atoms with Gasteiger partial charge in [0.05, 0.1) is 0 Å². The van der Waals surface area contributed by atoms with Gasteiger partial charge in [-0.05, 0) is 42.9 Å². The van der Waals surface area contributed by atoms with E-state index in [2.05, 4.69) is 4.98 Å². The second-order valence-corrected chi connectivity index (χ2v) is 7.95. The van der Waals surface area contributed by atoms with Crippen LogP contribution in [0.5, 0.6) is 5.75 Å². The largest absolute Gasteiger partial charge is 0.484 e. The summed E-state index contributed by atoms with van der Waals surface area (Å²) in [6.45, 7) is 3.03. The van der Waals surface area contributed by atoms with Gasteiger partial charge in [0, 0.05) is 50.0 Å². The maximum atomic E-state index is 12.6. The molecule has 0 radical (unpaired) electrons. The normalized spacial score (nSPS) is 15.9. The average Bonchev–Trinajstić information content (AvgIpc) is 3.21. The van der Waals surface area contributed by atoms with Gasteiger partial charge in [-0.25, -0.2) is 9.78 Å². The summed E-state index contributed by atoms with van der Waals surface area (Å²) >= 11 is 0. The van der Waals surface area contributed by atoms with Crippen molar-refractivity contribution < 1.29 is 19.1 Å². The van der Waals surface area contributed by atoms with Gasteiger partial charge in [-0.1, -0.05) is 6.92 Å². The number of amides is 1. The Morgan fingerprint density at radius 1 is 1.32 bits per heavy atom. The molecule has 3 heterocycles. The summed E-state index contributed by atoms with van der Waals surface area (Å²) in [5.41, 5.74) is 0.982. The van der Waals surface area contributed by atoms with Crippen LogP contribution < -0.4 is 10.4 Å². The number of likely N-dealkylation sites (tertiary alicyclic amines) is 1. The minimum absolute atomic E-state index is 0.0715. The minimum atomic E-state index is -0.631. The van der Waals surface area contributed by atoms with Gasteiger partial charge in [-0.3, -0.25) is 4.79 Å². The Morgan fingerprint density at radius 3 is 2.77 bits per heavy atom. The van der Waals surface area contributed by atoms with E-state index in [-0.39, 0.29) is 18.4 Å². The molecule has 8 nitrogen and oxygen atoms in total. The lowest BCUT2D eigenvalue weighted by Gasteiger charge is -2.34. The number of carbonyl (C=O) groups excluding carboxylic acids is 1. The Balaban J connectivity index is 1.33. The lowest BCUT2D eigenvalue weighted by Crippen LogP contribution is -2.42. The number of aliphatic hydroxyl groups excluding tert-OH is 1. The highest BCUT2D eigenvalue weighted by Gasteiger charge is 2.30. The summed E-state index contributed by atoms with van der Waals surface area (Å²) in [5, 5.41) is 11.5. The summed E-state index contributed by atoms with van der Waals surface area (Å²) in [4.78, 5) is 30.3. The first-order chi connectivity index (χ1) is 15.0. The van der Waals surface area contributed by atoms with Crippen LogP contribution in [0.25, 0.3) is 11.0 Å². The number of hydrogen-bond acceptors (Lipinski definition) is 6. The first kappa shape index (κ1) is 21.1. The van der Waals surface area contributed by atoms with Crippen molar-refractivity contribution in [2.24, 2.45) is 13.0 Å². The second kappa shape index (κ2) is 8.93. The zero-order valence-electron chi connectivity index (χ0n) is 17.8. The molecule has 1 saturated heterocycles. The van der Waals surface area contributed by atoms with E-state index in [4.69, 9.17) is 9.15 Å². The smallest absolute Gasteiger partial charge is 0.336 e. The van der Waals surface area contributed by atoms with E-state index in [1.807, 2.05) is 30.8 Å². The van der Waals surface area contributed by atoms with Crippen molar-refractivity contribution >= 4 is 16.9 Å². The highest BCUT2D eigenvalue weighted by molar-refractivity contribution is 5.82. The number of hydrogen-bond donors (Lipinski definition) is 1. The zero-order chi connectivity index (χ0) is 22.0. The zero-order valence-corrected chi connectivity index (χ0v) is 17.8. The number of fused-ring (bicyclic) bond motifs is 1. The summed E-state index contributed by atoms with van der Waals surface area (Å²) in [7, 11) is 1.86. The van der Waals surface area contributed by atoms with E-state index in [1.165, 1.54) is 6.07 Å². The van der Waals surface area contributed by atoms with Crippen LogP contribution in [0.15, 0.2) is 45.9 Å². The summed E-state index contributed by atoms with van der Waals surface area (Å²) in [5.74, 6) is 1.11. The van der Waals surface area contributed by atoms with Crippen molar-refractivity contribution in [3.63, 3.8) is 0 Å². The third-order valence-corrected chi connectivity index (χ3v) is 6.01. The molecule has 1 aliphatic heterocycles. The fourth-order valence-corrected chi connectivity index (χ4v) is 4.17. The molecule has 1 amide bonds. The maximum absolute atomic E-state index is 12.6. The Morgan fingerprint density at radius 2 is 2.10 bits per heavy atom. The third kappa shape index (κ3) is 4.49. The van der Waals surface area contributed by atoms with Gasteiger partial charge in [-0.2, -0.15) is 0 Å². The molecule has 1 aromatic carbocycles. The molecule has 1 atom stereocenters. The predicted octanol–water partition coefficient (Wildman–Crippen LogP) is 2.44. The summed E-state index contributed by atoms with van der Waals surface area (Å²) < 4.78 is 12.8. The SMILES string of the molecule is CCc1cc(=O)oc2cc(OCC(=O)N3CCC(C(O)c4nccn4C)CC3)ccc12. The number of aromatic nitrogens is 2. The number of piperidine rings is 1. The van der Waals surface area contributed by atoms with Crippen molar-refractivity contribution in [2.75, 3.05) is 19.7 Å². The molecule has 31 heavy (non-hydrogen) atoms. The molecule has 8 heteroatoms. The number of nitrogens with zero attached hydrogens (tertiary/aromatic N) is 3. The lowest BCUT2D eigenvalue weighted by atomic mass is 9.90. The molecule has 4 rings (SSSR count). The van der Waals surface area contributed by atoms with Crippen molar-refractivity contribution in [1.29, 1.82) is 0 Å². The Hall–Kier alpha value is -3.13. The molecule has 1 fully saturated rings. The number of benzene rings is 1. The maximum Gasteiger partial charge on any atom is 0.336 e. The number of imidazole rings is 1. The Kier molecular flexibility index (Phi) is 6.08. The van der Waals surface area contributed by atoms with Crippen LogP contribution in [0.3, 0.4) is 0 Å². The fourth-order valence-electron chi connectivity index (χ4n) is 4.17. The van der Waals surface area contributed by atoms with E-state index in [0.29, 0.717) is 43.1 Å². The van der Waals surface area contributed by atoms with Crippen LogP contribution in [-0.4, -0.2) is 45.2 Å². The first-order valence-electron chi connectivity index (χ1n) is 10.6. The quantitative estimate of drug-likeness (QED) is 0.609. The minimum Gasteiger partial charge on any atom is -0.484 e. The Labute approximate surface area is 180 Å². The van der Waals surface area contributed by atoms with Gasteiger partial charge in [0.15, 0.2) is 6.61 Å². The average molecular weight is 425 g/mol. The lowest BCUT2D eigenvalue weighted by molar-refractivity contribution is -0.135. The van der Waals surface area contributed by atoms with E-state index in [9.17, 15) is 14.7 Å². The number of aryl methyl sites for hydroxylation is 2.